The van der Waals surface area contributed by atoms with Crippen LogP contribution in [0.3, 0.4) is 0 Å². The van der Waals surface area contributed by atoms with Crippen LogP contribution in [-0.2, 0) is 16.9 Å². The minimum absolute atomic E-state index is 0.159. The first-order valence-corrected chi connectivity index (χ1v) is 10.8. The van der Waals surface area contributed by atoms with E-state index >= 15 is 0 Å². The van der Waals surface area contributed by atoms with Crippen LogP contribution in [0.2, 0.25) is 0 Å². The molecular formula is C28H26O5. The van der Waals surface area contributed by atoms with E-state index in [4.69, 9.17) is 14.2 Å². The summed E-state index contributed by atoms with van der Waals surface area (Å²) in [4.78, 5) is 0. The van der Waals surface area contributed by atoms with Crippen LogP contribution < -0.4 is 9.47 Å². The first kappa shape index (κ1) is 21.3. The molecule has 168 valence electrons. The highest BCUT2D eigenvalue weighted by atomic mass is 16.5. The molecule has 5 heteroatoms. The number of hydrogen-bond donors (Lipinski definition) is 2. The second kappa shape index (κ2) is 7.80. The van der Waals surface area contributed by atoms with Gasteiger partial charge in [-0.05, 0) is 70.5 Å². The Labute approximate surface area is 192 Å². The van der Waals surface area contributed by atoms with Gasteiger partial charge in [-0.1, -0.05) is 24.3 Å². The van der Waals surface area contributed by atoms with Gasteiger partial charge >= 0.3 is 0 Å². The fraction of sp³-hybridized carbons (Fsp3) is 0.214. The van der Waals surface area contributed by atoms with E-state index in [0.717, 1.165) is 44.3 Å². The van der Waals surface area contributed by atoms with Gasteiger partial charge in [0.05, 0.1) is 20.8 Å². The lowest BCUT2D eigenvalue weighted by Crippen LogP contribution is -2.22. The number of phenolic OH excluding ortho intramolecular Hbond substituents is 1. The third-order valence-electron chi connectivity index (χ3n) is 6.84. The van der Waals surface area contributed by atoms with Crippen LogP contribution >= 0.6 is 0 Å². The van der Waals surface area contributed by atoms with Crippen molar-refractivity contribution in [3.8, 4) is 39.5 Å². The number of ether oxygens (including phenoxy) is 3. The van der Waals surface area contributed by atoms with Crippen LogP contribution in [0.4, 0.5) is 0 Å². The Hall–Kier alpha value is -3.54. The summed E-state index contributed by atoms with van der Waals surface area (Å²) in [6.07, 6.45) is 0. The molecule has 0 spiro atoms. The Morgan fingerprint density at radius 1 is 0.788 bits per heavy atom. The summed E-state index contributed by atoms with van der Waals surface area (Å²) >= 11 is 0. The lowest BCUT2D eigenvalue weighted by atomic mass is 9.88. The van der Waals surface area contributed by atoms with Gasteiger partial charge in [-0.25, -0.2) is 0 Å². The van der Waals surface area contributed by atoms with Crippen molar-refractivity contribution in [3.63, 3.8) is 0 Å². The molecule has 0 aliphatic heterocycles. The van der Waals surface area contributed by atoms with Crippen molar-refractivity contribution in [2.24, 2.45) is 0 Å². The number of hydrogen-bond acceptors (Lipinski definition) is 5. The van der Waals surface area contributed by atoms with Crippen LogP contribution in [0, 0.1) is 0 Å². The Bertz CT molecular complexity index is 1390. The van der Waals surface area contributed by atoms with E-state index in [1.54, 1.807) is 27.4 Å². The van der Waals surface area contributed by atoms with E-state index in [1.807, 2.05) is 49.4 Å². The van der Waals surface area contributed by atoms with Gasteiger partial charge in [0.15, 0.2) is 0 Å². The highest BCUT2D eigenvalue weighted by Crippen LogP contribution is 2.54. The van der Waals surface area contributed by atoms with Gasteiger partial charge < -0.3 is 24.4 Å². The lowest BCUT2D eigenvalue weighted by Gasteiger charge is -2.26. The molecule has 2 N–H and O–H groups in total. The summed E-state index contributed by atoms with van der Waals surface area (Å²) in [5.74, 6) is 1.47. The topological polar surface area (TPSA) is 68.2 Å². The van der Waals surface area contributed by atoms with Gasteiger partial charge in [-0.15, -0.1) is 0 Å². The highest BCUT2D eigenvalue weighted by molar-refractivity contribution is 6.07. The number of methoxy groups -OCH3 is 3. The van der Waals surface area contributed by atoms with Crippen LogP contribution in [0.15, 0.2) is 60.7 Å². The number of phenols is 1. The largest absolute Gasteiger partial charge is 0.507 e. The molecule has 1 atom stereocenters. The first-order chi connectivity index (χ1) is 16.0. The molecule has 5 rings (SSSR count). The predicted molar refractivity (Wildman–Crippen MR) is 129 cm³/mol. The predicted octanol–water partition coefficient (Wildman–Crippen LogP) is 5.61. The number of benzene rings is 4. The monoisotopic (exact) mass is 442 g/mol. The Morgan fingerprint density at radius 3 is 2.27 bits per heavy atom. The number of aromatic hydroxyl groups is 1. The van der Waals surface area contributed by atoms with Gasteiger partial charge in [0.1, 0.15) is 22.8 Å². The van der Waals surface area contributed by atoms with Crippen molar-refractivity contribution in [1.82, 2.24) is 0 Å². The third-order valence-corrected chi connectivity index (χ3v) is 6.84. The second-order valence-corrected chi connectivity index (χ2v) is 8.38. The maximum atomic E-state index is 11.1. The van der Waals surface area contributed by atoms with Crippen molar-refractivity contribution < 1.29 is 24.4 Å². The fourth-order valence-electron chi connectivity index (χ4n) is 5.05. The van der Waals surface area contributed by atoms with E-state index in [0.29, 0.717) is 16.9 Å². The average molecular weight is 443 g/mol. The Balaban J connectivity index is 1.84. The Kier molecular flexibility index (Phi) is 5.04. The minimum Gasteiger partial charge on any atom is -0.507 e. The Morgan fingerprint density at radius 2 is 1.58 bits per heavy atom. The summed E-state index contributed by atoms with van der Waals surface area (Å²) in [6.45, 7) is 1.86. The van der Waals surface area contributed by atoms with Crippen molar-refractivity contribution in [1.29, 1.82) is 0 Å². The zero-order valence-corrected chi connectivity index (χ0v) is 19.1. The molecule has 1 aliphatic rings. The molecule has 33 heavy (non-hydrogen) atoms. The number of aliphatic hydroxyl groups excluding tert-OH is 1. The van der Waals surface area contributed by atoms with E-state index < -0.39 is 5.60 Å². The van der Waals surface area contributed by atoms with E-state index in [-0.39, 0.29) is 12.4 Å². The average Bonchev–Trinajstić information content (AvgIpc) is 3.11. The minimum atomic E-state index is -0.672. The number of fused-ring (bicyclic) bond motifs is 5. The van der Waals surface area contributed by atoms with Crippen molar-refractivity contribution >= 4 is 10.8 Å². The SMILES string of the molecule is COc1ccc(-c2cc3c(O)cc4c(c3cc2CO)-c2ccccc2C4(C)OC)c(OC)c1. The van der Waals surface area contributed by atoms with Gasteiger partial charge in [0.2, 0.25) is 0 Å². The first-order valence-electron chi connectivity index (χ1n) is 10.8. The molecule has 0 heterocycles. The van der Waals surface area contributed by atoms with Crippen LogP contribution in [0.5, 0.6) is 17.2 Å². The van der Waals surface area contributed by atoms with Crippen LogP contribution in [-0.4, -0.2) is 31.5 Å². The summed E-state index contributed by atoms with van der Waals surface area (Å²) in [5, 5.41) is 23.0. The quantitative estimate of drug-likeness (QED) is 0.420. The number of aliphatic hydroxyl groups is 1. The molecule has 5 nitrogen and oxygen atoms in total. The van der Waals surface area contributed by atoms with E-state index in [1.165, 1.54) is 0 Å². The lowest BCUT2D eigenvalue weighted by molar-refractivity contribution is 0.0429. The van der Waals surface area contributed by atoms with Gasteiger partial charge in [0, 0.05) is 29.7 Å². The van der Waals surface area contributed by atoms with Crippen LogP contribution in [0.1, 0.15) is 23.6 Å². The maximum Gasteiger partial charge on any atom is 0.130 e. The molecule has 1 unspecified atom stereocenters. The second-order valence-electron chi connectivity index (χ2n) is 8.38. The molecule has 0 saturated carbocycles. The molecule has 4 aromatic rings. The summed E-state index contributed by atoms with van der Waals surface area (Å²) in [7, 11) is 4.89. The van der Waals surface area contributed by atoms with Gasteiger partial charge in [-0.3, -0.25) is 0 Å². The van der Waals surface area contributed by atoms with Crippen LogP contribution in [0.25, 0.3) is 33.0 Å². The molecule has 4 aromatic carbocycles. The maximum absolute atomic E-state index is 11.1. The summed E-state index contributed by atoms with van der Waals surface area (Å²) in [6, 6.07) is 19.4. The standard InChI is InChI=1S/C28H26O5/c1-28(33-4)23-8-6-5-7-19(23)27-22-11-16(15-29)20(13-21(22)25(30)14-24(27)28)18-10-9-17(31-2)12-26(18)32-3/h5-14,29-30H,15H2,1-4H3. The molecular weight excluding hydrogens is 416 g/mol. The summed E-state index contributed by atoms with van der Waals surface area (Å²) < 4.78 is 16.9. The molecule has 0 aromatic heterocycles. The smallest absolute Gasteiger partial charge is 0.130 e. The highest BCUT2D eigenvalue weighted by Gasteiger charge is 2.41. The fourth-order valence-corrected chi connectivity index (χ4v) is 5.05. The zero-order chi connectivity index (χ0) is 23.3. The van der Waals surface area contributed by atoms with Crippen molar-refractivity contribution in [2.45, 2.75) is 19.1 Å². The zero-order valence-electron chi connectivity index (χ0n) is 19.1. The van der Waals surface area contributed by atoms with Crippen molar-refractivity contribution in [2.75, 3.05) is 21.3 Å². The third kappa shape index (κ3) is 3.00. The molecule has 0 saturated heterocycles. The van der Waals surface area contributed by atoms with E-state index in [2.05, 4.69) is 12.1 Å². The van der Waals surface area contributed by atoms with Gasteiger partial charge in [0.25, 0.3) is 0 Å². The normalized spacial score (nSPS) is 16.5. The molecule has 0 fully saturated rings. The number of rotatable bonds is 5. The molecule has 0 bridgehead atoms. The molecule has 0 amide bonds. The van der Waals surface area contributed by atoms with Crippen molar-refractivity contribution in [3.05, 3.63) is 77.4 Å². The van der Waals surface area contributed by atoms with E-state index in [9.17, 15) is 10.2 Å². The summed E-state index contributed by atoms with van der Waals surface area (Å²) in [5.41, 5.74) is 5.73. The van der Waals surface area contributed by atoms with Gasteiger partial charge in [-0.2, -0.15) is 0 Å². The molecule has 1 aliphatic carbocycles. The molecule has 0 radical (unpaired) electrons.